The maximum Gasteiger partial charge on any atom is 0.223 e. The summed E-state index contributed by atoms with van der Waals surface area (Å²) in [4.78, 5) is 28.6. The SMILES string of the molecule is CCCN1C(=O)CC[C@H]2CN(C(=O)CCc3ccco3)CC[C@H]21. The lowest BCUT2D eigenvalue weighted by Crippen LogP contribution is -2.57. The van der Waals surface area contributed by atoms with Crippen LogP contribution in [0.3, 0.4) is 0 Å². The number of likely N-dealkylation sites (tertiary alicyclic amines) is 2. The molecule has 0 radical (unpaired) electrons. The van der Waals surface area contributed by atoms with Crippen molar-refractivity contribution >= 4 is 11.8 Å². The third-order valence-corrected chi connectivity index (χ3v) is 5.13. The summed E-state index contributed by atoms with van der Waals surface area (Å²) in [7, 11) is 0. The topological polar surface area (TPSA) is 53.8 Å². The van der Waals surface area contributed by atoms with Crippen molar-refractivity contribution in [1.29, 1.82) is 0 Å². The Hall–Kier alpha value is -1.78. The minimum Gasteiger partial charge on any atom is -0.469 e. The van der Waals surface area contributed by atoms with E-state index in [4.69, 9.17) is 4.42 Å². The van der Waals surface area contributed by atoms with E-state index in [1.54, 1.807) is 6.26 Å². The molecule has 0 unspecified atom stereocenters. The van der Waals surface area contributed by atoms with E-state index in [0.717, 1.165) is 44.7 Å². The van der Waals surface area contributed by atoms with Crippen LogP contribution >= 0.6 is 0 Å². The van der Waals surface area contributed by atoms with Gasteiger partial charge in [0.2, 0.25) is 11.8 Å². The van der Waals surface area contributed by atoms with Gasteiger partial charge >= 0.3 is 0 Å². The predicted octanol–water partition coefficient (Wildman–Crippen LogP) is 2.46. The highest BCUT2D eigenvalue weighted by atomic mass is 16.3. The Kier molecular flexibility index (Phi) is 5.03. The molecule has 0 saturated carbocycles. The quantitative estimate of drug-likeness (QED) is 0.838. The minimum atomic E-state index is 0.207. The number of nitrogens with zero attached hydrogens (tertiary/aromatic N) is 2. The average Bonchev–Trinajstić information content (AvgIpc) is 3.08. The van der Waals surface area contributed by atoms with E-state index in [0.29, 0.717) is 37.1 Å². The predicted molar refractivity (Wildman–Crippen MR) is 86.7 cm³/mol. The maximum absolute atomic E-state index is 12.4. The largest absolute Gasteiger partial charge is 0.469 e. The molecule has 0 spiro atoms. The van der Waals surface area contributed by atoms with Crippen LogP contribution in [-0.2, 0) is 16.0 Å². The van der Waals surface area contributed by atoms with Gasteiger partial charge in [0, 0.05) is 44.9 Å². The molecule has 2 amide bonds. The molecule has 1 aromatic rings. The van der Waals surface area contributed by atoms with Gasteiger partial charge in [-0.2, -0.15) is 0 Å². The first-order valence-electron chi connectivity index (χ1n) is 8.78. The molecule has 0 bridgehead atoms. The average molecular weight is 318 g/mol. The van der Waals surface area contributed by atoms with Crippen LogP contribution in [0.4, 0.5) is 0 Å². The van der Waals surface area contributed by atoms with E-state index in [1.165, 1.54) is 0 Å². The molecule has 2 fully saturated rings. The number of fused-ring (bicyclic) bond motifs is 1. The lowest BCUT2D eigenvalue weighted by molar-refractivity contribution is -0.144. The van der Waals surface area contributed by atoms with Crippen molar-refractivity contribution in [1.82, 2.24) is 9.80 Å². The van der Waals surface area contributed by atoms with Gasteiger partial charge in [0.15, 0.2) is 0 Å². The summed E-state index contributed by atoms with van der Waals surface area (Å²) < 4.78 is 5.29. The summed E-state index contributed by atoms with van der Waals surface area (Å²) in [5, 5.41) is 0. The van der Waals surface area contributed by atoms with Gasteiger partial charge in [-0.15, -0.1) is 0 Å². The molecule has 5 heteroatoms. The number of furan rings is 1. The van der Waals surface area contributed by atoms with Crippen LogP contribution in [0.5, 0.6) is 0 Å². The summed E-state index contributed by atoms with van der Waals surface area (Å²) in [6, 6.07) is 4.10. The minimum absolute atomic E-state index is 0.207. The van der Waals surface area contributed by atoms with E-state index in [9.17, 15) is 9.59 Å². The molecule has 2 atom stereocenters. The van der Waals surface area contributed by atoms with Crippen LogP contribution in [-0.4, -0.2) is 47.3 Å². The highest BCUT2D eigenvalue weighted by molar-refractivity contribution is 5.78. The zero-order valence-electron chi connectivity index (χ0n) is 13.9. The van der Waals surface area contributed by atoms with Gasteiger partial charge in [-0.25, -0.2) is 0 Å². The third kappa shape index (κ3) is 3.59. The number of carbonyl (C=O) groups is 2. The number of amides is 2. The highest BCUT2D eigenvalue weighted by Gasteiger charge is 2.39. The van der Waals surface area contributed by atoms with Crippen LogP contribution in [0.25, 0.3) is 0 Å². The molecule has 0 aromatic carbocycles. The summed E-state index contributed by atoms with van der Waals surface area (Å²) >= 11 is 0. The zero-order chi connectivity index (χ0) is 16.2. The van der Waals surface area contributed by atoms with E-state index < -0.39 is 0 Å². The Bertz CT molecular complexity index is 540. The van der Waals surface area contributed by atoms with E-state index in [-0.39, 0.29) is 5.91 Å². The normalized spacial score (nSPS) is 24.7. The first kappa shape index (κ1) is 16.1. The molecule has 126 valence electrons. The summed E-state index contributed by atoms with van der Waals surface area (Å²) in [5.74, 6) is 1.82. The van der Waals surface area contributed by atoms with E-state index >= 15 is 0 Å². The van der Waals surface area contributed by atoms with Crippen molar-refractivity contribution in [2.75, 3.05) is 19.6 Å². The van der Waals surface area contributed by atoms with Crippen molar-refractivity contribution in [3.8, 4) is 0 Å². The fraction of sp³-hybridized carbons (Fsp3) is 0.667. The second kappa shape index (κ2) is 7.20. The lowest BCUT2D eigenvalue weighted by Gasteiger charge is -2.47. The zero-order valence-corrected chi connectivity index (χ0v) is 13.9. The molecule has 2 saturated heterocycles. The number of rotatable bonds is 5. The molecule has 0 aliphatic carbocycles. The van der Waals surface area contributed by atoms with Crippen LogP contribution < -0.4 is 0 Å². The van der Waals surface area contributed by atoms with Gasteiger partial charge < -0.3 is 14.2 Å². The lowest BCUT2D eigenvalue weighted by atomic mass is 9.83. The molecule has 23 heavy (non-hydrogen) atoms. The molecule has 5 nitrogen and oxygen atoms in total. The Balaban J connectivity index is 1.55. The van der Waals surface area contributed by atoms with Gasteiger partial charge in [-0.05, 0) is 37.3 Å². The van der Waals surface area contributed by atoms with Crippen LogP contribution in [0.1, 0.15) is 44.8 Å². The van der Waals surface area contributed by atoms with Crippen molar-refractivity contribution < 1.29 is 14.0 Å². The third-order valence-electron chi connectivity index (χ3n) is 5.13. The van der Waals surface area contributed by atoms with Gasteiger partial charge in [0.25, 0.3) is 0 Å². The summed E-state index contributed by atoms with van der Waals surface area (Å²) in [5.41, 5.74) is 0. The Morgan fingerprint density at radius 3 is 3.00 bits per heavy atom. The second-order valence-corrected chi connectivity index (χ2v) is 6.66. The van der Waals surface area contributed by atoms with E-state index in [2.05, 4.69) is 11.8 Å². The summed E-state index contributed by atoms with van der Waals surface area (Å²) in [6.45, 7) is 4.54. The standard InChI is InChI=1S/C18H26N2O3/c1-2-10-20-16-9-11-19(13-14(16)5-7-18(20)22)17(21)8-6-15-4-3-12-23-15/h3-4,12,14,16H,2,5-11,13H2,1H3/t14-,16+/m0/s1. The molecule has 0 N–H and O–H groups in total. The number of piperidine rings is 2. The molecule has 3 rings (SSSR count). The molecule has 2 aliphatic rings. The van der Waals surface area contributed by atoms with Gasteiger partial charge in [-0.3, -0.25) is 9.59 Å². The van der Waals surface area contributed by atoms with Crippen LogP contribution in [0.2, 0.25) is 0 Å². The fourth-order valence-electron chi connectivity index (χ4n) is 3.95. The summed E-state index contributed by atoms with van der Waals surface area (Å²) in [6.07, 6.45) is 6.29. The fourth-order valence-corrected chi connectivity index (χ4v) is 3.95. The molecule has 1 aromatic heterocycles. The van der Waals surface area contributed by atoms with Gasteiger partial charge in [0.1, 0.15) is 5.76 Å². The number of hydrogen-bond donors (Lipinski definition) is 0. The second-order valence-electron chi connectivity index (χ2n) is 6.66. The Morgan fingerprint density at radius 2 is 2.26 bits per heavy atom. The Labute approximate surface area is 137 Å². The molecule has 3 heterocycles. The van der Waals surface area contributed by atoms with Crippen LogP contribution in [0.15, 0.2) is 22.8 Å². The van der Waals surface area contributed by atoms with Gasteiger partial charge in [0.05, 0.1) is 6.26 Å². The van der Waals surface area contributed by atoms with Crippen LogP contribution in [0, 0.1) is 5.92 Å². The van der Waals surface area contributed by atoms with E-state index in [1.807, 2.05) is 17.0 Å². The molecule has 2 aliphatic heterocycles. The monoisotopic (exact) mass is 318 g/mol. The molecular weight excluding hydrogens is 292 g/mol. The van der Waals surface area contributed by atoms with Crippen molar-refractivity contribution in [3.63, 3.8) is 0 Å². The van der Waals surface area contributed by atoms with Gasteiger partial charge in [-0.1, -0.05) is 6.92 Å². The maximum atomic E-state index is 12.4. The first-order chi connectivity index (χ1) is 11.2. The number of carbonyl (C=O) groups excluding carboxylic acids is 2. The highest BCUT2D eigenvalue weighted by Crippen LogP contribution is 2.31. The number of aryl methyl sites for hydroxylation is 1. The van der Waals surface area contributed by atoms with Crippen molar-refractivity contribution in [3.05, 3.63) is 24.2 Å². The molecular formula is C18H26N2O3. The first-order valence-corrected chi connectivity index (χ1v) is 8.78. The smallest absolute Gasteiger partial charge is 0.223 e. The van der Waals surface area contributed by atoms with Crippen molar-refractivity contribution in [2.45, 2.75) is 51.5 Å². The number of hydrogen-bond acceptors (Lipinski definition) is 3. The van der Waals surface area contributed by atoms with Crippen molar-refractivity contribution in [2.24, 2.45) is 5.92 Å². The Morgan fingerprint density at radius 1 is 1.39 bits per heavy atom.